The molecule has 0 aromatic carbocycles. The molecule has 1 heterocycles. The van der Waals surface area contributed by atoms with Crippen LogP contribution in [0.25, 0.3) is 0 Å². The first kappa shape index (κ1) is 12.9. The molecule has 4 nitrogen and oxygen atoms in total. The summed E-state index contributed by atoms with van der Waals surface area (Å²) in [6.07, 6.45) is 6.71. The van der Waals surface area contributed by atoms with Crippen molar-refractivity contribution in [2.45, 2.75) is 6.92 Å². The fraction of sp³-hybridized carbons (Fsp3) is 0.0833. The average molecular weight is 247 g/mol. The van der Waals surface area contributed by atoms with Crippen LogP contribution in [0.3, 0.4) is 0 Å². The first-order chi connectivity index (χ1) is 8.15. The van der Waals surface area contributed by atoms with Crippen molar-refractivity contribution in [3.05, 3.63) is 53.5 Å². The number of hydrogen-bond acceptors (Lipinski definition) is 4. The van der Waals surface area contributed by atoms with Crippen LogP contribution in [0.4, 0.5) is 5.95 Å². The molecule has 0 unspecified atom stereocenters. The summed E-state index contributed by atoms with van der Waals surface area (Å²) in [5.74, 6) is 0.401. The highest BCUT2D eigenvalue weighted by Gasteiger charge is 1.98. The average Bonchev–Trinajstić information content (AvgIpc) is 2.34. The molecule has 5 heteroatoms. The van der Waals surface area contributed by atoms with Gasteiger partial charge < -0.3 is 5.32 Å². The Kier molecular flexibility index (Phi) is 4.92. The predicted octanol–water partition coefficient (Wildman–Crippen LogP) is 3.08. The second-order valence-electron chi connectivity index (χ2n) is 3.04. The van der Waals surface area contributed by atoms with Crippen LogP contribution < -0.4 is 5.32 Å². The Morgan fingerprint density at radius 2 is 2.35 bits per heavy atom. The predicted molar refractivity (Wildman–Crippen MR) is 68.3 cm³/mol. The molecule has 0 fully saturated rings. The van der Waals surface area contributed by atoms with E-state index in [-0.39, 0.29) is 0 Å². The number of nitriles is 1. The van der Waals surface area contributed by atoms with Crippen LogP contribution in [0.2, 0.25) is 5.15 Å². The minimum atomic E-state index is 0.364. The molecule has 86 valence electrons. The van der Waals surface area contributed by atoms with Crippen molar-refractivity contribution in [1.29, 1.82) is 5.26 Å². The summed E-state index contributed by atoms with van der Waals surface area (Å²) < 4.78 is 0. The Morgan fingerprint density at radius 3 is 2.94 bits per heavy atom. The van der Waals surface area contributed by atoms with Crippen LogP contribution in [-0.2, 0) is 0 Å². The summed E-state index contributed by atoms with van der Waals surface area (Å²) in [5.41, 5.74) is 1.13. The molecule has 0 aliphatic heterocycles. The molecule has 17 heavy (non-hydrogen) atoms. The van der Waals surface area contributed by atoms with Crippen LogP contribution in [0.15, 0.2) is 48.3 Å². The van der Waals surface area contributed by atoms with Gasteiger partial charge in [0.1, 0.15) is 5.15 Å². The molecule has 1 rings (SSSR count). The first-order valence-electron chi connectivity index (χ1n) is 4.84. The van der Waals surface area contributed by atoms with E-state index in [4.69, 9.17) is 16.9 Å². The second kappa shape index (κ2) is 6.46. The molecular formula is C12H11ClN4. The molecule has 1 N–H and O–H groups in total. The van der Waals surface area contributed by atoms with Crippen molar-refractivity contribution in [2.75, 3.05) is 5.32 Å². The van der Waals surface area contributed by atoms with E-state index in [1.165, 1.54) is 0 Å². The molecule has 0 amide bonds. The van der Waals surface area contributed by atoms with Gasteiger partial charge in [-0.15, -0.1) is 0 Å². The number of anilines is 1. The maximum Gasteiger partial charge on any atom is 0.228 e. The second-order valence-corrected chi connectivity index (χ2v) is 3.43. The van der Waals surface area contributed by atoms with E-state index in [0.717, 1.165) is 5.70 Å². The van der Waals surface area contributed by atoms with E-state index in [1.54, 1.807) is 24.4 Å². The summed E-state index contributed by atoms with van der Waals surface area (Å²) in [6.45, 7) is 5.40. The monoisotopic (exact) mass is 246 g/mol. The van der Waals surface area contributed by atoms with Crippen LogP contribution in [0.5, 0.6) is 0 Å². The fourth-order valence-corrected chi connectivity index (χ4v) is 1.10. The van der Waals surface area contributed by atoms with Gasteiger partial charge in [0.2, 0.25) is 5.95 Å². The third kappa shape index (κ3) is 4.49. The minimum absolute atomic E-state index is 0.364. The molecule has 1 aromatic heterocycles. The lowest BCUT2D eigenvalue weighted by molar-refractivity contribution is 1.15. The highest BCUT2D eigenvalue weighted by molar-refractivity contribution is 6.29. The molecule has 0 aliphatic carbocycles. The fourth-order valence-electron chi connectivity index (χ4n) is 0.964. The molecular weight excluding hydrogens is 236 g/mol. The van der Waals surface area contributed by atoms with Crippen molar-refractivity contribution in [3.63, 3.8) is 0 Å². The van der Waals surface area contributed by atoms with Crippen LogP contribution in [0.1, 0.15) is 6.92 Å². The third-order valence-corrected chi connectivity index (χ3v) is 2.01. The van der Waals surface area contributed by atoms with Crippen molar-refractivity contribution in [2.24, 2.45) is 0 Å². The van der Waals surface area contributed by atoms with E-state index in [1.807, 2.05) is 19.1 Å². The van der Waals surface area contributed by atoms with Gasteiger partial charge in [0, 0.05) is 17.5 Å². The lowest BCUT2D eigenvalue weighted by atomic mass is 10.2. The molecule has 0 radical (unpaired) electrons. The van der Waals surface area contributed by atoms with Crippen LogP contribution in [0, 0.1) is 11.3 Å². The lowest BCUT2D eigenvalue weighted by Gasteiger charge is -2.04. The van der Waals surface area contributed by atoms with Gasteiger partial charge in [-0.3, -0.25) is 0 Å². The van der Waals surface area contributed by atoms with Crippen molar-refractivity contribution in [1.82, 2.24) is 9.97 Å². The van der Waals surface area contributed by atoms with E-state index in [2.05, 4.69) is 21.9 Å². The van der Waals surface area contributed by atoms with Gasteiger partial charge in [-0.1, -0.05) is 24.3 Å². The SMILES string of the molecule is C=C(C#N)/C=C\C(=C/C)Nc1nccc(Cl)n1. The number of halogens is 1. The van der Waals surface area contributed by atoms with Crippen molar-refractivity contribution < 1.29 is 0 Å². The largest absolute Gasteiger partial charge is 0.324 e. The molecule has 0 bridgehead atoms. The number of hydrogen-bond donors (Lipinski definition) is 1. The van der Waals surface area contributed by atoms with E-state index in [9.17, 15) is 0 Å². The highest BCUT2D eigenvalue weighted by atomic mass is 35.5. The minimum Gasteiger partial charge on any atom is -0.324 e. The summed E-state index contributed by atoms with van der Waals surface area (Å²) >= 11 is 5.74. The zero-order chi connectivity index (χ0) is 12.7. The smallest absolute Gasteiger partial charge is 0.228 e. The van der Waals surface area contributed by atoms with Crippen LogP contribution in [-0.4, -0.2) is 9.97 Å². The molecule has 0 spiro atoms. The Labute approximate surface area is 105 Å². The Bertz CT molecular complexity index is 511. The molecule has 0 atom stereocenters. The van der Waals surface area contributed by atoms with Gasteiger partial charge in [-0.2, -0.15) is 5.26 Å². The summed E-state index contributed by atoms with van der Waals surface area (Å²) in [4.78, 5) is 8.00. The zero-order valence-electron chi connectivity index (χ0n) is 9.31. The van der Waals surface area contributed by atoms with Gasteiger partial charge in [0.05, 0.1) is 6.07 Å². The van der Waals surface area contributed by atoms with Gasteiger partial charge in [0.15, 0.2) is 0 Å². The number of aromatic nitrogens is 2. The highest BCUT2D eigenvalue weighted by Crippen LogP contribution is 2.09. The molecule has 0 saturated heterocycles. The summed E-state index contributed by atoms with van der Waals surface area (Å²) in [7, 11) is 0. The zero-order valence-corrected chi connectivity index (χ0v) is 10.1. The molecule has 0 aliphatic rings. The van der Waals surface area contributed by atoms with Crippen LogP contribution >= 0.6 is 11.6 Å². The Morgan fingerprint density at radius 1 is 1.59 bits per heavy atom. The Balaban J connectivity index is 2.76. The number of rotatable bonds is 4. The summed E-state index contributed by atoms with van der Waals surface area (Å²) in [5, 5.41) is 11.9. The maximum atomic E-state index is 8.56. The molecule has 0 saturated carbocycles. The maximum absolute atomic E-state index is 8.56. The summed E-state index contributed by atoms with van der Waals surface area (Å²) in [6, 6.07) is 3.52. The van der Waals surface area contributed by atoms with Crippen molar-refractivity contribution in [3.8, 4) is 6.07 Å². The van der Waals surface area contributed by atoms with E-state index >= 15 is 0 Å². The first-order valence-corrected chi connectivity index (χ1v) is 5.22. The normalized spacial score (nSPS) is 11.2. The van der Waals surface area contributed by atoms with Crippen molar-refractivity contribution >= 4 is 17.5 Å². The van der Waals surface area contributed by atoms with Gasteiger partial charge in [0.25, 0.3) is 0 Å². The Hall–Kier alpha value is -2.12. The number of nitrogens with one attached hydrogen (secondary N) is 1. The van der Waals surface area contributed by atoms with Gasteiger partial charge >= 0.3 is 0 Å². The molecule has 1 aromatic rings. The van der Waals surface area contributed by atoms with Gasteiger partial charge in [-0.25, -0.2) is 9.97 Å². The lowest BCUT2D eigenvalue weighted by Crippen LogP contribution is -2.01. The standard InChI is InChI=1S/C12H11ClN4/c1-3-10(5-4-9(2)8-14)16-12-15-7-6-11(13)17-12/h3-7H,2H2,1H3,(H,15,16,17)/b5-4-,10-3+. The topological polar surface area (TPSA) is 61.6 Å². The van der Waals surface area contributed by atoms with E-state index < -0.39 is 0 Å². The number of allylic oxidation sites excluding steroid dienone is 4. The third-order valence-electron chi connectivity index (χ3n) is 1.80. The quantitative estimate of drug-likeness (QED) is 0.504. The number of nitrogens with zero attached hydrogens (tertiary/aromatic N) is 3. The van der Waals surface area contributed by atoms with Gasteiger partial charge in [-0.05, 0) is 25.1 Å². The van der Waals surface area contributed by atoms with E-state index in [0.29, 0.717) is 16.7 Å².